The van der Waals surface area contributed by atoms with Gasteiger partial charge in [-0.25, -0.2) is 0 Å². The SMILES string of the molecule is C=CC(=O)N1CCC[C@H]1Cn1ccnn1. The van der Waals surface area contributed by atoms with Crippen LogP contribution in [0.3, 0.4) is 0 Å². The van der Waals surface area contributed by atoms with Crippen molar-refractivity contribution in [3.8, 4) is 0 Å². The van der Waals surface area contributed by atoms with Crippen molar-refractivity contribution in [3.05, 3.63) is 25.0 Å². The Morgan fingerprint density at radius 1 is 1.67 bits per heavy atom. The molecule has 1 aliphatic heterocycles. The quantitative estimate of drug-likeness (QED) is 0.675. The van der Waals surface area contributed by atoms with E-state index in [1.165, 1.54) is 6.08 Å². The Labute approximate surface area is 88.4 Å². The van der Waals surface area contributed by atoms with Gasteiger partial charge in [0.05, 0.1) is 18.8 Å². The molecule has 1 aromatic heterocycles. The fourth-order valence-corrected chi connectivity index (χ4v) is 1.98. The molecule has 2 rings (SSSR count). The molecule has 0 aliphatic carbocycles. The third kappa shape index (κ3) is 2.06. The second kappa shape index (κ2) is 4.25. The molecule has 0 saturated carbocycles. The third-order valence-electron chi connectivity index (χ3n) is 2.70. The highest BCUT2D eigenvalue weighted by Gasteiger charge is 2.27. The van der Waals surface area contributed by atoms with Crippen LogP contribution in [-0.2, 0) is 11.3 Å². The van der Waals surface area contributed by atoms with Crippen LogP contribution < -0.4 is 0 Å². The summed E-state index contributed by atoms with van der Waals surface area (Å²) < 4.78 is 1.76. The maximum Gasteiger partial charge on any atom is 0.246 e. The summed E-state index contributed by atoms with van der Waals surface area (Å²) in [5.41, 5.74) is 0. The van der Waals surface area contributed by atoms with Crippen molar-refractivity contribution in [1.82, 2.24) is 19.9 Å². The van der Waals surface area contributed by atoms with Crippen molar-refractivity contribution in [2.75, 3.05) is 6.54 Å². The second-order valence-electron chi connectivity index (χ2n) is 3.66. The van der Waals surface area contributed by atoms with E-state index in [4.69, 9.17) is 0 Å². The van der Waals surface area contributed by atoms with Gasteiger partial charge in [0, 0.05) is 12.7 Å². The highest BCUT2D eigenvalue weighted by molar-refractivity contribution is 5.87. The highest BCUT2D eigenvalue weighted by atomic mass is 16.2. The van der Waals surface area contributed by atoms with Crippen LogP contribution in [0, 0.1) is 0 Å². The van der Waals surface area contributed by atoms with Crippen LogP contribution in [0.4, 0.5) is 0 Å². The Balaban J connectivity index is 2.02. The van der Waals surface area contributed by atoms with Gasteiger partial charge in [-0.05, 0) is 18.9 Å². The second-order valence-corrected chi connectivity index (χ2v) is 3.66. The molecule has 0 spiro atoms. The number of hydrogen-bond acceptors (Lipinski definition) is 3. The molecule has 80 valence electrons. The lowest BCUT2D eigenvalue weighted by Crippen LogP contribution is -2.37. The largest absolute Gasteiger partial charge is 0.334 e. The Hall–Kier alpha value is -1.65. The van der Waals surface area contributed by atoms with E-state index >= 15 is 0 Å². The number of aromatic nitrogens is 3. The van der Waals surface area contributed by atoms with Gasteiger partial charge >= 0.3 is 0 Å². The van der Waals surface area contributed by atoms with Crippen molar-refractivity contribution in [2.24, 2.45) is 0 Å². The maximum absolute atomic E-state index is 11.5. The van der Waals surface area contributed by atoms with Gasteiger partial charge in [-0.15, -0.1) is 5.10 Å². The van der Waals surface area contributed by atoms with Crippen LogP contribution in [0.25, 0.3) is 0 Å². The Morgan fingerprint density at radius 3 is 3.20 bits per heavy atom. The van der Waals surface area contributed by atoms with E-state index < -0.39 is 0 Å². The number of hydrogen-bond donors (Lipinski definition) is 0. The van der Waals surface area contributed by atoms with Crippen LogP contribution in [-0.4, -0.2) is 38.4 Å². The lowest BCUT2D eigenvalue weighted by Gasteiger charge is -2.22. The van der Waals surface area contributed by atoms with Gasteiger partial charge in [0.1, 0.15) is 0 Å². The molecular formula is C10H14N4O. The molecule has 0 aromatic carbocycles. The number of nitrogens with zero attached hydrogens (tertiary/aromatic N) is 4. The standard InChI is InChI=1S/C10H14N4O/c1-2-10(15)14-6-3-4-9(14)8-13-7-5-11-12-13/h2,5,7,9H,1,3-4,6,8H2/t9-/m0/s1. The minimum atomic E-state index is 0.0117. The summed E-state index contributed by atoms with van der Waals surface area (Å²) >= 11 is 0. The van der Waals surface area contributed by atoms with Crippen molar-refractivity contribution >= 4 is 5.91 Å². The first-order valence-electron chi connectivity index (χ1n) is 5.08. The van der Waals surface area contributed by atoms with Gasteiger partial charge in [-0.2, -0.15) is 0 Å². The average Bonchev–Trinajstić information content (AvgIpc) is 2.88. The number of carbonyl (C=O) groups excluding carboxylic acids is 1. The number of rotatable bonds is 3. The van der Waals surface area contributed by atoms with Gasteiger partial charge < -0.3 is 4.90 Å². The number of carbonyl (C=O) groups is 1. The van der Waals surface area contributed by atoms with Crippen LogP contribution in [0.15, 0.2) is 25.0 Å². The summed E-state index contributed by atoms with van der Waals surface area (Å²) in [7, 11) is 0. The van der Waals surface area contributed by atoms with E-state index in [0.717, 1.165) is 25.9 Å². The zero-order chi connectivity index (χ0) is 10.7. The van der Waals surface area contributed by atoms with E-state index in [1.807, 2.05) is 11.1 Å². The third-order valence-corrected chi connectivity index (χ3v) is 2.70. The molecule has 0 unspecified atom stereocenters. The minimum absolute atomic E-state index is 0.0117. The van der Waals surface area contributed by atoms with Gasteiger partial charge in [0.25, 0.3) is 0 Å². The van der Waals surface area contributed by atoms with Crippen molar-refractivity contribution in [3.63, 3.8) is 0 Å². The van der Waals surface area contributed by atoms with E-state index in [-0.39, 0.29) is 11.9 Å². The molecule has 5 heteroatoms. The van der Waals surface area contributed by atoms with E-state index in [0.29, 0.717) is 0 Å². The number of amides is 1. The van der Waals surface area contributed by atoms with Crippen molar-refractivity contribution < 1.29 is 4.79 Å². The molecule has 1 fully saturated rings. The van der Waals surface area contributed by atoms with Crippen molar-refractivity contribution in [2.45, 2.75) is 25.4 Å². The Kier molecular flexibility index (Phi) is 2.80. The van der Waals surface area contributed by atoms with Gasteiger partial charge in [0.2, 0.25) is 5.91 Å². The monoisotopic (exact) mass is 206 g/mol. The summed E-state index contributed by atoms with van der Waals surface area (Å²) in [6.45, 7) is 5.06. The zero-order valence-corrected chi connectivity index (χ0v) is 8.54. The molecule has 5 nitrogen and oxygen atoms in total. The van der Waals surface area contributed by atoms with Gasteiger partial charge in [-0.3, -0.25) is 9.48 Å². The van der Waals surface area contributed by atoms with Crippen LogP contribution in [0.5, 0.6) is 0 Å². The van der Waals surface area contributed by atoms with Crippen LogP contribution in [0.2, 0.25) is 0 Å². The Bertz CT molecular complexity index is 346. The molecule has 15 heavy (non-hydrogen) atoms. The van der Waals surface area contributed by atoms with Gasteiger partial charge in [-0.1, -0.05) is 11.8 Å². The lowest BCUT2D eigenvalue weighted by atomic mass is 10.2. The predicted molar refractivity (Wildman–Crippen MR) is 55.0 cm³/mol. The molecule has 1 amide bonds. The molecule has 0 radical (unpaired) electrons. The minimum Gasteiger partial charge on any atom is -0.334 e. The first-order valence-corrected chi connectivity index (χ1v) is 5.08. The Morgan fingerprint density at radius 2 is 2.53 bits per heavy atom. The fraction of sp³-hybridized carbons (Fsp3) is 0.500. The van der Waals surface area contributed by atoms with Crippen LogP contribution >= 0.6 is 0 Å². The maximum atomic E-state index is 11.5. The lowest BCUT2D eigenvalue weighted by molar-refractivity contribution is -0.127. The molecule has 1 atom stereocenters. The van der Waals surface area contributed by atoms with Crippen LogP contribution in [0.1, 0.15) is 12.8 Å². The average molecular weight is 206 g/mol. The van der Waals surface area contributed by atoms with Crippen molar-refractivity contribution in [1.29, 1.82) is 0 Å². The highest BCUT2D eigenvalue weighted by Crippen LogP contribution is 2.18. The topological polar surface area (TPSA) is 51.0 Å². The fourth-order valence-electron chi connectivity index (χ4n) is 1.98. The molecule has 1 aliphatic rings. The van der Waals surface area contributed by atoms with E-state index in [2.05, 4.69) is 16.9 Å². The van der Waals surface area contributed by atoms with E-state index in [1.54, 1.807) is 10.9 Å². The first-order chi connectivity index (χ1) is 7.31. The normalized spacial score (nSPS) is 20.5. The first kappa shape index (κ1) is 9.89. The summed E-state index contributed by atoms with van der Waals surface area (Å²) in [5, 5.41) is 7.65. The molecule has 0 N–H and O–H groups in total. The van der Waals surface area contributed by atoms with Gasteiger partial charge in [0.15, 0.2) is 0 Å². The summed E-state index contributed by atoms with van der Waals surface area (Å²) in [5.74, 6) is 0.0117. The number of likely N-dealkylation sites (tertiary alicyclic amines) is 1. The summed E-state index contributed by atoms with van der Waals surface area (Å²) in [6, 6.07) is 0.234. The molecule has 1 aromatic rings. The van der Waals surface area contributed by atoms with E-state index in [9.17, 15) is 4.79 Å². The predicted octanol–water partition coefficient (Wildman–Crippen LogP) is 0.455. The zero-order valence-electron chi connectivity index (χ0n) is 8.54. The molecule has 2 heterocycles. The summed E-state index contributed by atoms with van der Waals surface area (Å²) in [4.78, 5) is 13.4. The molecule has 0 bridgehead atoms. The smallest absolute Gasteiger partial charge is 0.246 e. The molecular weight excluding hydrogens is 192 g/mol. The summed E-state index contributed by atoms with van der Waals surface area (Å²) in [6.07, 6.45) is 6.92. The molecule has 1 saturated heterocycles.